The Kier molecular flexibility index (Phi) is 4.59. The molecule has 116 valence electrons. The Morgan fingerprint density at radius 3 is 2.68 bits per heavy atom. The molecule has 22 heavy (non-hydrogen) atoms. The van der Waals surface area contributed by atoms with E-state index in [0.717, 1.165) is 32.4 Å². The monoisotopic (exact) mass is 299 g/mol. The van der Waals surface area contributed by atoms with Gasteiger partial charge in [-0.1, -0.05) is 30.3 Å². The van der Waals surface area contributed by atoms with Crippen molar-refractivity contribution in [2.45, 2.75) is 31.8 Å². The van der Waals surface area contributed by atoms with Crippen LogP contribution in [-0.4, -0.2) is 29.0 Å². The van der Waals surface area contributed by atoms with Crippen LogP contribution >= 0.6 is 0 Å². The lowest BCUT2D eigenvalue weighted by Gasteiger charge is -2.19. The molecular formula is C18H21NO3. The quantitative estimate of drug-likeness (QED) is 0.947. The van der Waals surface area contributed by atoms with Gasteiger partial charge in [0.15, 0.2) is 5.76 Å². The van der Waals surface area contributed by atoms with E-state index in [-0.39, 0.29) is 12.5 Å². The molecule has 1 aromatic carbocycles. The van der Waals surface area contributed by atoms with E-state index in [0.29, 0.717) is 17.4 Å². The largest absolute Gasteiger partial charge is 0.453 e. The molecule has 1 N–H and O–H groups in total. The molecule has 0 bridgehead atoms. The highest BCUT2D eigenvalue weighted by molar-refractivity contribution is 5.91. The van der Waals surface area contributed by atoms with Gasteiger partial charge in [0.05, 0.1) is 0 Å². The van der Waals surface area contributed by atoms with Crippen molar-refractivity contribution in [3.63, 3.8) is 0 Å². The van der Waals surface area contributed by atoms with Gasteiger partial charge in [-0.3, -0.25) is 4.79 Å². The topological polar surface area (TPSA) is 53.7 Å². The van der Waals surface area contributed by atoms with E-state index in [1.165, 1.54) is 5.56 Å². The molecule has 0 aliphatic carbocycles. The molecule has 0 unspecified atom stereocenters. The molecular weight excluding hydrogens is 278 g/mol. The number of hydrogen-bond donors (Lipinski definition) is 1. The highest BCUT2D eigenvalue weighted by atomic mass is 16.4. The van der Waals surface area contributed by atoms with Crippen molar-refractivity contribution in [1.82, 2.24) is 4.90 Å². The van der Waals surface area contributed by atoms with Crippen LogP contribution in [-0.2, 0) is 6.61 Å². The molecule has 1 amide bonds. The third kappa shape index (κ3) is 3.22. The van der Waals surface area contributed by atoms with Crippen molar-refractivity contribution in [1.29, 1.82) is 0 Å². The van der Waals surface area contributed by atoms with E-state index >= 15 is 0 Å². The highest BCUT2D eigenvalue weighted by Gasteiger charge is 2.24. The third-order valence-electron chi connectivity index (χ3n) is 4.31. The molecule has 0 spiro atoms. The number of likely N-dealkylation sites (tertiary alicyclic amines) is 1. The van der Waals surface area contributed by atoms with Crippen LogP contribution in [0.25, 0.3) is 0 Å². The number of aliphatic hydroxyl groups excluding tert-OH is 1. The zero-order chi connectivity index (χ0) is 15.4. The Balaban J connectivity index is 1.66. The van der Waals surface area contributed by atoms with Gasteiger partial charge in [-0.15, -0.1) is 0 Å². The first-order valence-electron chi connectivity index (χ1n) is 7.81. The van der Waals surface area contributed by atoms with Gasteiger partial charge in [0.1, 0.15) is 12.4 Å². The molecule has 1 fully saturated rings. The van der Waals surface area contributed by atoms with Crippen molar-refractivity contribution in [3.8, 4) is 0 Å². The van der Waals surface area contributed by atoms with Gasteiger partial charge in [0, 0.05) is 13.1 Å². The molecule has 0 radical (unpaired) electrons. The summed E-state index contributed by atoms with van der Waals surface area (Å²) in [7, 11) is 0. The van der Waals surface area contributed by atoms with E-state index in [1.54, 1.807) is 12.1 Å². The highest BCUT2D eigenvalue weighted by Crippen LogP contribution is 2.28. The van der Waals surface area contributed by atoms with Crippen molar-refractivity contribution in [3.05, 3.63) is 59.5 Å². The van der Waals surface area contributed by atoms with Gasteiger partial charge >= 0.3 is 0 Å². The van der Waals surface area contributed by atoms with Crippen LogP contribution in [0.3, 0.4) is 0 Å². The molecule has 1 aromatic heterocycles. The van der Waals surface area contributed by atoms with Crippen LogP contribution in [0.2, 0.25) is 0 Å². The molecule has 1 atom stereocenters. The van der Waals surface area contributed by atoms with Gasteiger partial charge in [-0.25, -0.2) is 0 Å². The molecule has 3 rings (SSSR count). The second-order valence-electron chi connectivity index (χ2n) is 5.75. The number of carbonyl (C=O) groups is 1. The standard InChI is InChI=1S/C18H21NO3/c20-13-16-8-9-17(22-16)18(21)19-11-4-7-15(10-12-19)14-5-2-1-3-6-14/h1-3,5-6,8-9,15,20H,4,7,10-13H2/t15-/m1/s1. The summed E-state index contributed by atoms with van der Waals surface area (Å²) in [6.45, 7) is 1.33. The number of carbonyl (C=O) groups excluding carboxylic acids is 1. The van der Waals surface area contributed by atoms with Gasteiger partial charge in [0.25, 0.3) is 5.91 Å². The van der Waals surface area contributed by atoms with Crippen LogP contribution in [0.15, 0.2) is 46.9 Å². The first-order valence-corrected chi connectivity index (χ1v) is 7.81. The van der Waals surface area contributed by atoms with Crippen LogP contribution in [0.5, 0.6) is 0 Å². The summed E-state index contributed by atoms with van der Waals surface area (Å²) in [5.74, 6) is 1.19. The second-order valence-corrected chi connectivity index (χ2v) is 5.75. The average Bonchev–Trinajstić information content (AvgIpc) is 2.92. The smallest absolute Gasteiger partial charge is 0.289 e. The fourth-order valence-corrected chi connectivity index (χ4v) is 3.09. The Morgan fingerprint density at radius 1 is 1.14 bits per heavy atom. The molecule has 2 heterocycles. The van der Waals surface area contributed by atoms with Crippen LogP contribution in [0, 0.1) is 0 Å². The lowest BCUT2D eigenvalue weighted by Crippen LogP contribution is -2.31. The van der Waals surface area contributed by atoms with E-state index in [2.05, 4.69) is 24.3 Å². The second kappa shape index (κ2) is 6.79. The molecule has 1 aliphatic rings. The van der Waals surface area contributed by atoms with E-state index in [9.17, 15) is 4.79 Å². The summed E-state index contributed by atoms with van der Waals surface area (Å²) in [6, 6.07) is 13.8. The predicted octanol–water partition coefficient (Wildman–Crippen LogP) is 3.18. The minimum Gasteiger partial charge on any atom is -0.453 e. The van der Waals surface area contributed by atoms with Crippen molar-refractivity contribution < 1.29 is 14.3 Å². The molecule has 4 nitrogen and oxygen atoms in total. The van der Waals surface area contributed by atoms with Crippen molar-refractivity contribution >= 4 is 5.91 Å². The zero-order valence-corrected chi connectivity index (χ0v) is 12.6. The van der Waals surface area contributed by atoms with Crippen LogP contribution < -0.4 is 0 Å². The number of rotatable bonds is 3. The number of benzene rings is 1. The number of hydrogen-bond acceptors (Lipinski definition) is 3. The van der Waals surface area contributed by atoms with Gasteiger partial charge < -0.3 is 14.4 Å². The average molecular weight is 299 g/mol. The minimum absolute atomic E-state index is 0.0755. The van der Waals surface area contributed by atoms with E-state index in [1.807, 2.05) is 11.0 Å². The summed E-state index contributed by atoms with van der Waals surface area (Å²) in [5.41, 5.74) is 1.36. The Hall–Kier alpha value is -2.07. The normalized spacial score (nSPS) is 19.0. The SMILES string of the molecule is O=C(c1ccc(CO)o1)N1CCC[C@@H](c2ccccc2)CC1. The van der Waals surface area contributed by atoms with Gasteiger partial charge in [-0.2, -0.15) is 0 Å². The number of nitrogens with zero attached hydrogens (tertiary/aromatic N) is 1. The fourth-order valence-electron chi connectivity index (χ4n) is 3.09. The first-order chi connectivity index (χ1) is 10.8. The summed E-state index contributed by atoms with van der Waals surface area (Å²) in [4.78, 5) is 14.3. The predicted molar refractivity (Wildman–Crippen MR) is 83.6 cm³/mol. The third-order valence-corrected chi connectivity index (χ3v) is 4.31. The molecule has 1 aliphatic heterocycles. The van der Waals surface area contributed by atoms with Crippen molar-refractivity contribution in [2.24, 2.45) is 0 Å². The Bertz CT molecular complexity index is 620. The molecule has 0 saturated carbocycles. The summed E-state index contributed by atoms with van der Waals surface area (Å²) in [5, 5.41) is 9.03. The lowest BCUT2D eigenvalue weighted by molar-refractivity contribution is 0.0724. The molecule has 2 aromatic rings. The van der Waals surface area contributed by atoms with Crippen LogP contribution in [0.1, 0.15) is 47.1 Å². The van der Waals surface area contributed by atoms with Crippen LogP contribution in [0.4, 0.5) is 0 Å². The maximum Gasteiger partial charge on any atom is 0.289 e. The van der Waals surface area contributed by atoms with E-state index in [4.69, 9.17) is 9.52 Å². The molecule has 1 saturated heterocycles. The molecule has 4 heteroatoms. The van der Waals surface area contributed by atoms with Gasteiger partial charge in [-0.05, 0) is 42.9 Å². The number of furan rings is 1. The zero-order valence-electron chi connectivity index (χ0n) is 12.6. The van der Waals surface area contributed by atoms with E-state index < -0.39 is 0 Å². The number of amides is 1. The van der Waals surface area contributed by atoms with Crippen molar-refractivity contribution in [2.75, 3.05) is 13.1 Å². The lowest BCUT2D eigenvalue weighted by atomic mass is 9.92. The minimum atomic E-state index is -0.177. The Morgan fingerprint density at radius 2 is 1.95 bits per heavy atom. The maximum atomic E-state index is 12.5. The number of aliphatic hydroxyl groups is 1. The Labute approximate surface area is 130 Å². The first kappa shape index (κ1) is 14.9. The fraction of sp³-hybridized carbons (Fsp3) is 0.389. The summed E-state index contributed by atoms with van der Waals surface area (Å²) < 4.78 is 5.36. The maximum absolute atomic E-state index is 12.5. The summed E-state index contributed by atoms with van der Waals surface area (Å²) in [6.07, 6.45) is 3.08. The van der Waals surface area contributed by atoms with Gasteiger partial charge in [0.2, 0.25) is 0 Å². The summed E-state index contributed by atoms with van der Waals surface area (Å²) >= 11 is 0.